The Hall–Kier alpha value is -2.37. The van der Waals surface area contributed by atoms with Gasteiger partial charge < -0.3 is 5.32 Å². The Kier molecular flexibility index (Phi) is 2.51. The van der Waals surface area contributed by atoms with E-state index in [0.29, 0.717) is 11.5 Å². The highest BCUT2D eigenvalue weighted by Crippen LogP contribution is 2.20. The largest absolute Gasteiger partial charge is 0.365 e. The lowest BCUT2D eigenvalue weighted by Gasteiger charge is -2.11. The number of H-pyrrole nitrogens is 1. The number of nitrogens with zero attached hydrogens (tertiary/aromatic N) is 3. The third-order valence-electron chi connectivity index (χ3n) is 2.91. The molecule has 0 spiro atoms. The molecule has 98 valence electrons. The van der Waals surface area contributed by atoms with Gasteiger partial charge in [-0.05, 0) is 38.5 Å². The number of aromatic amines is 1. The number of rotatable bonds is 2. The van der Waals surface area contributed by atoms with Gasteiger partial charge in [0.25, 0.3) is 0 Å². The van der Waals surface area contributed by atoms with Crippen molar-refractivity contribution in [3.05, 3.63) is 34.2 Å². The summed E-state index contributed by atoms with van der Waals surface area (Å²) < 4.78 is 1.56. The number of hydrogen-bond acceptors (Lipinski definition) is 4. The molecule has 0 amide bonds. The van der Waals surface area contributed by atoms with Crippen molar-refractivity contribution >= 4 is 22.5 Å². The molecule has 1 aromatic carbocycles. The highest BCUT2D eigenvalue weighted by Gasteiger charge is 2.13. The van der Waals surface area contributed by atoms with Crippen molar-refractivity contribution in [2.45, 2.75) is 26.8 Å². The lowest BCUT2D eigenvalue weighted by Crippen LogP contribution is -2.15. The van der Waals surface area contributed by atoms with Gasteiger partial charge in [0.05, 0.1) is 11.0 Å². The molecule has 19 heavy (non-hydrogen) atoms. The molecule has 0 aliphatic heterocycles. The summed E-state index contributed by atoms with van der Waals surface area (Å²) in [6.45, 7) is 6.02. The van der Waals surface area contributed by atoms with E-state index in [1.54, 1.807) is 4.40 Å². The van der Waals surface area contributed by atoms with Crippen molar-refractivity contribution in [3.8, 4) is 0 Å². The van der Waals surface area contributed by atoms with Crippen LogP contribution in [0.1, 0.15) is 19.4 Å². The summed E-state index contributed by atoms with van der Waals surface area (Å²) >= 11 is 0. The number of benzene rings is 1. The van der Waals surface area contributed by atoms with E-state index in [0.717, 1.165) is 16.6 Å². The van der Waals surface area contributed by atoms with Crippen LogP contribution in [0, 0.1) is 6.92 Å². The standard InChI is InChI=1S/C13H15N5O/c1-7(2)14-11-12-16-17-13(19)18(12)10-6-8(3)4-5-9(10)15-11/h4-7H,1-3H3,(H,14,15)(H,17,19). The van der Waals surface area contributed by atoms with Crippen LogP contribution in [-0.2, 0) is 0 Å². The summed E-state index contributed by atoms with van der Waals surface area (Å²) in [7, 11) is 0. The SMILES string of the molecule is Cc1ccc2nc(NC(C)C)c3n[nH]c(=O)n3c2c1. The predicted octanol–water partition coefficient (Wildman–Crippen LogP) is 1.70. The van der Waals surface area contributed by atoms with E-state index in [1.165, 1.54) is 0 Å². The van der Waals surface area contributed by atoms with Crippen molar-refractivity contribution in [2.75, 3.05) is 5.32 Å². The van der Waals surface area contributed by atoms with E-state index in [1.807, 2.05) is 39.0 Å². The summed E-state index contributed by atoms with van der Waals surface area (Å²) in [4.78, 5) is 16.5. The predicted molar refractivity (Wildman–Crippen MR) is 74.6 cm³/mol. The fourth-order valence-electron chi connectivity index (χ4n) is 2.13. The Morgan fingerprint density at radius 3 is 2.89 bits per heavy atom. The molecular formula is C13H15N5O. The van der Waals surface area contributed by atoms with Gasteiger partial charge in [0.2, 0.25) is 5.65 Å². The van der Waals surface area contributed by atoms with Crippen LogP contribution in [0.5, 0.6) is 0 Å². The van der Waals surface area contributed by atoms with Crippen LogP contribution in [0.2, 0.25) is 0 Å². The van der Waals surface area contributed by atoms with Crippen LogP contribution in [0.3, 0.4) is 0 Å². The van der Waals surface area contributed by atoms with E-state index in [9.17, 15) is 4.79 Å². The van der Waals surface area contributed by atoms with Crippen molar-refractivity contribution in [3.63, 3.8) is 0 Å². The lowest BCUT2D eigenvalue weighted by molar-refractivity contribution is 0.889. The molecule has 0 fully saturated rings. The van der Waals surface area contributed by atoms with Gasteiger partial charge in [-0.15, -0.1) is 5.10 Å². The average molecular weight is 257 g/mol. The maximum Gasteiger partial charge on any atom is 0.348 e. The topological polar surface area (TPSA) is 75.1 Å². The first kappa shape index (κ1) is 11.7. The van der Waals surface area contributed by atoms with Crippen LogP contribution in [-0.4, -0.2) is 25.6 Å². The number of hydrogen-bond donors (Lipinski definition) is 2. The van der Waals surface area contributed by atoms with Gasteiger partial charge in [-0.3, -0.25) is 0 Å². The lowest BCUT2D eigenvalue weighted by atomic mass is 10.2. The van der Waals surface area contributed by atoms with Crippen molar-refractivity contribution < 1.29 is 0 Å². The quantitative estimate of drug-likeness (QED) is 0.732. The van der Waals surface area contributed by atoms with E-state index in [-0.39, 0.29) is 11.7 Å². The van der Waals surface area contributed by atoms with Gasteiger partial charge in [-0.2, -0.15) is 0 Å². The average Bonchev–Trinajstić information content (AvgIpc) is 2.72. The zero-order chi connectivity index (χ0) is 13.6. The fraction of sp³-hybridized carbons (Fsp3) is 0.308. The van der Waals surface area contributed by atoms with E-state index < -0.39 is 0 Å². The minimum Gasteiger partial charge on any atom is -0.365 e. The van der Waals surface area contributed by atoms with Crippen LogP contribution in [0.15, 0.2) is 23.0 Å². The Morgan fingerprint density at radius 1 is 1.37 bits per heavy atom. The monoisotopic (exact) mass is 257 g/mol. The molecule has 3 rings (SSSR count). The van der Waals surface area contributed by atoms with Gasteiger partial charge in [0.15, 0.2) is 5.82 Å². The molecule has 3 aromatic rings. The number of anilines is 1. The zero-order valence-corrected chi connectivity index (χ0v) is 11.1. The maximum absolute atomic E-state index is 11.9. The van der Waals surface area contributed by atoms with Crippen molar-refractivity contribution in [1.29, 1.82) is 0 Å². The third-order valence-corrected chi connectivity index (χ3v) is 2.91. The summed E-state index contributed by atoms with van der Waals surface area (Å²) in [6, 6.07) is 6.04. The summed E-state index contributed by atoms with van der Waals surface area (Å²) in [5.74, 6) is 0.615. The number of fused-ring (bicyclic) bond motifs is 3. The van der Waals surface area contributed by atoms with Crippen LogP contribution in [0.4, 0.5) is 5.82 Å². The Labute approximate surface area is 109 Å². The van der Waals surface area contributed by atoms with Crippen LogP contribution < -0.4 is 11.0 Å². The maximum atomic E-state index is 11.9. The molecule has 0 radical (unpaired) electrons. The first-order valence-corrected chi connectivity index (χ1v) is 6.20. The molecular weight excluding hydrogens is 242 g/mol. The van der Waals surface area contributed by atoms with Gasteiger partial charge in [-0.25, -0.2) is 19.3 Å². The van der Waals surface area contributed by atoms with E-state index in [2.05, 4.69) is 20.5 Å². The Bertz CT molecular complexity index is 815. The molecule has 0 saturated carbocycles. The zero-order valence-electron chi connectivity index (χ0n) is 11.1. The molecule has 0 aliphatic carbocycles. The van der Waals surface area contributed by atoms with E-state index >= 15 is 0 Å². The molecule has 0 bridgehead atoms. The Morgan fingerprint density at radius 2 is 2.16 bits per heavy atom. The first-order valence-electron chi connectivity index (χ1n) is 6.20. The second-order valence-electron chi connectivity index (χ2n) is 4.94. The van der Waals surface area contributed by atoms with Crippen molar-refractivity contribution in [2.24, 2.45) is 0 Å². The van der Waals surface area contributed by atoms with E-state index in [4.69, 9.17) is 0 Å². The van der Waals surface area contributed by atoms with Gasteiger partial charge in [-0.1, -0.05) is 6.07 Å². The number of aromatic nitrogens is 4. The Balaban J connectivity index is 2.45. The third kappa shape index (κ3) is 1.85. The molecule has 0 unspecified atom stereocenters. The number of aryl methyl sites for hydroxylation is 1. The van der Waals surface area contributed by atoms with Gasteiger partial charge in [0, 0.05) is 6.04 Å². The summed E-state index contributed by atoms with van der Waals surface area (Å²) in [5.41, 5.74) is 2.89. The summed E-state index contributed by atoms with van der Waals surface area (Å²) in [6.07, 6.45) is 0. The van der Waals surface area contributed by atoms with Crippen molar-refractivity contribution in [1.82, 2.24) is 19.6 Å². The normalized spacial score (nSPS) is 11.6. The minimum atomic E-state index is -0.250. The molecule has 0 atom stereocenters. The number of nitrogens with one attached hydrogen (secondary N) is 2. The molecule has 2 N–H and O–H groups in total. The second-order valence-corrected chi connectivity index (χ2v) is 4.94. The van der Waals surface area contributed by atoms with Crippen LogP contribution >= 0.6 is 0 Å². The van der Waals surface area contributed by atoms with Gasteiger partial charge >= 0.3 is 5.69 Å². The molecule has 0 aliphatic rings. The molecule has 0 saturated heterocycles. The molecule has 6 nitrogen and oxygen atoms in total. The smallest absolute Gasteiger partial charge is 0.348 e. The highest BCUT2D eigenvalue weighted by molar-refractivity contribution is 5.83. The van der Waals surface area contributed by atoms with Crippen LogP contribution in [0.25, 0.3) is 16.7 Å². The molecule has 6 heteroatoms. The first-order chi connectivity index (χ1) is 9.06. The summed E-state index contributed by atoms with van der Waals surface area (Å²) in [5, 5.41) is 9.75. The second kappa shape index (κ2) is 4.08. The highest BCUT2D eigenvalue weighted by atomic mass is 16.1. The van der Waals surface area contributed by atoms with Gasteiger partial charge in [0.1, 0.15) is 0 Å². The minimum absolute atomic E-state index is 0.214. The fourth-order valence-corrected chi connectivity index (χ4v) is 2.13. The molecule has 2 aromatic heterocycles. The molecule has 2 heterocycles.